The molecule has 2 rings (SSSR count). The van der Waals surface area contributed by atoms with E-state index in [1.165, 1.54) is 0 Å². The average Bonchev–Trinajstić information content (AvgIpc) is 2.79. The lowest BCUT2D eigenvalue weighted by Crippen LogP contribution is -2.18. The molecule has 0 bridgehead atoms. The Labute approximate surface area is 114 Å². The molecule has 1 aromatic carbocycles. The third-order valence-electron chi connectivity index (χ3n) is 3.25. The summed E-state index contributed by atoms with van der Waals surface area (Å²) < 4.78 is 11.1. The Morgan fingerprint density at radius 2 is 2.16 bits per heavy atom. The van der Waals surface area contributed by atoms with Gasteiger partial charge in [-0.2, -0.15) is 0 Å². The van der Waals surface area contributed by atoms with Crippen molar-refractivity contribution < 1.29 is 9.15 Å². The van der Waals surface area contributed by atoms with E-state index >= 15 is 0 Å². The quantitative estimate of drug-likeness (QED) is 0.869. The smallest absolute Gasteiger partial charge is 0.195 e. The number of benzene rings is 1. The summed E-state index contributed by atoms with van der Waals surface area (Å²) in [5.74, 6) is 2.54. The van der Waals surface area contributed by atoms with Gasteiger partial charge in [-0.3, -0.25) is 0 Å². The van der Waals surface area contributed by atoms with Crippen molar-refractivity contribution in [2.75, 3.05) is 13.7 Å². The van der Waals surface area contributed by atoms with E-state index in [0.717, 1.165) is 35.6 Å². The van der Waals surface area contributed by atoms with Crippen molar-refractivity contribution in [3.8, 4) is 5.75 Å². The lowest BCUT2D eigenvalue weighted by Gasteiger charge is -2.14. The molecule has 0 aliphatic heterocycles. The van der Waals surface area contributed by atoms with Crippen LogP contribution in [-0.4, -0.2) is 18.6 Å². The number of hydrogen-bond acceptors (Lipinski definition) is 4. The van der Waals surface area contributed by atoms with Gasteiger partial charge in [0.2, 0.25) is 0 Å². The molecule has 1 aromatic heterocycles. The van der Waals surface area contributed by atoms with E-state index in [2.05, 4.69) is 18.8 Å². The van der Waals surface area contributed by atoms with Gasteiger partial charge >= 0.3 is 0 Å². The first-order valence-electron chi connectivity index (χ1n) is 6.76. The standard InChI is InChI=1S/C15H22N2O2/c1-10(2)7-11(9-16)8-14-17-15-12(18-3)5-4-6-13(15)19-14/h4-6,10-11H,7-9,16H2,1-3H3. The highest BCUT2D eigenvalue weighted by atomic mass is 16.5. The summed E-state index contributed by atoms with van der Waals surface area (Å²) in [6, 6.07) is 5.71. The fraction of sp³-hybridized carbons (Fsp3) is 0.533. The van der Waals surface area contributed by atoms with Gasteiger partial charge in [-0.15, -0.1) is 0 Å². The number of nitrogens with two attached hydrogens (primary N) is 1. The zero-order chi connectivity index (χ0) is 13.8. The maximum absolute atomic E-state index is 5.83. The third-order valence-corrected chi connectivity index (χ3v) is 3.25. The fourth-order valence-corrected chi connectivity index (χ4v) is 2.40. The second-order valence-electron chi connectivity index (χ2n) is 5.35. The van der Waals surface area contributed by atoms with Crippen LogP contribution in [0.2, 0.25) is 0 Å². The van der Waals surface area contributed by atoms with Crippen molar-refractivity contribution in [2.45, 2.75) is 26.7 Å². The topological polar surface area (TPSA) is 61.3 Å². The highest BCUT2D eigenvalue weighted by Crippen LogP contribution is 2.27. The maximum Gasteiger partial charge on any atom is 0.195 e. The Balaban J connectivity index is 2.21. The van der Waals surface area contributed by atoms with Crippen LogP contribution < -0.4 is 10.5 Å². The predicted molar refractivity (Wildman–Crippen MR) is 76.3 cm³/mol. The second-order valence-corrected chi connectivity index (χ2v) is 5.35. The van der Waals surface area contributed by atoms with Gasteiger partial charge in [-0.25, -0.2) is 4.98 Å². The third kappa shape index (κ3) is 3.26. The molecule has 19 heavy (non-hydrogen) atoms. The van der Waals surface area contributed by atoms with Crippen LogP contribution in [-0.2, 0) is 6.42 Å². The molecule has 104 valence electrons. The number of aromatic nitrogens is 1. The first-order valence-corrected chi connectivity index (χ1v) is 6.76. The number of fused-ring (bicyclic) bond motifs is 1. The molecule has 0 saturated carbocycles. The van der Waals surface area contributed by atoms with Crippen LogP contribution in [0.4, 0.5) is 0 Å². The van der Waals surface area contributed by atoms with Gasteiger partial charge in [0, 0.05) is 6.42 Å². The maximum atomic E-state index is 5.83. The Bertz CT molecular complexity index is 534. The monoisotopic (exact) mass is 262 g/mol. The molecule has 0 spiro atoms. The van der Waals surface area contributed by atoms with E-state index < -0.39 is 0 Å². The first-order chi connectivity index (χ1) is 9.13. The minimum Gasteiger partial charge on any atom is -0.494 e. The molecule has 2 aromatic rings. The van der Waals surface area contributed by atoms with Crippen molar-refractivity contribution in [1.82, 2.24) is 4.98 Å². The first kappa shape index (κ1) is 13.9. The van der Waals surface area contributed by atoms with Gasteiger partial charge in [0.15, 0.2) is 17.0 Å². The van der Waals surface area contributed by atoms with Gasteiger partial charge < -0.3 is 14.9 Å². The number of nitrogens with zero attached hydrogens (tertiary/aromatic N) is 1. The number of rotatable bonds is 6. The van der Waals surface area contributed by atoms with E-state index in [1.54, 1.807) is 7.11 Å². The number of methoxy groups -OCH3 is 1. The number of para-hydroxylation sites is 1. The van der Waals surface area contributed by atoms with Crippen LogP contribution in [0.15, 0.2) is 22.6 Å². The molecule has 0 radical (unpaired) electrons. The lowest BCUT2D eigenvalue weighted by molar-refractivity contribution is 0.380. The van der Waals surface area contributed by atoms with Crippen LogP contribution in [0, 0.1) is 11.8 Å². The van der Waals surface area contributed by atoms with Crippen LogP contribution in [0.25, 0.3) is 11.1 Å². The number of ether oxygens (including phenoxy) is 1. The Morgan fingerprint density at radius 3 is 2.79 bits per heavy atom. The van der Waals surface area contributed by atoms with Crippen molar-refractivity contribution in [2.24, 2.45) is 17.6 Å². The summed E-state index contributed by atoms with van der Waals surface area (Å²) in [6.45, 7) is 5.07. The average molecular weight is 262 g/mol. The molecule has 4 nitrogen and oxygen atoms in total. The minimum absolute atomic E-state index is 0.416. The summed E-state index contributed by atoms with van der Waals surface area (Å²) >= 11 is 0. The fourth-order valence-electron chi connectivity index (χ4n) is 2.40. The van der Waals surface area contributed by atoms with E-state index in [9.17, 15) is 0 Å². The molecule has 1 unspecified atom stereocenters. The Morgan fingerprint density at radius 1 is 1.37 bits per heavy atom. The number of oxazole rings is 1. The minimum atomic E-state index is 0.416. The summed E-state index contributed by atoms with van der Waals surface area (Å²) in [7, 11) is 1.64. The Hall–Kier alpha value is -1.55. The highest BCUT2D eigenvalue weighted by Gasteiger charge is 2.16. The van der Waals surface area contributed by atoms with Crippen LogP contribution in [0.5, 0.6) is 5.75 Å². The molecule has 0 saturated heterocycles. The zero-order valence-electron chi connectivity index (χ0n) is 11.8. The second kappa shape index (κ2) is 6.06. The SMILES string of the molecule is COc1cccc2oc(CC(CN)CC(C)C)nc12. The molecule has 2 N–H and O–H groups in total. The molecule has 1 atom stereocenters. The van der Waals surface area contributed by atoms with Crippen LogP contribution in [0.1, 0.15) is 26.2 Å². The largest absolute Gasteiger partial charge is 0.494 e. The van der Waals surface area contributed by atoms with Crippen molar-refractivity contribution in [1.29, 1.82) is 0 Å². The highest BCUT2D eigenvalue weighted by molar-refractivity contribution is 5.79. The summed E-state index contributed by atoms with van der Waals surface area (Å²) in [6.07, 6.45) is 1.87. The number of hydrogen-bond donors (Lipinski definition) is 1. The van der Waals surface area contributed by atoms with Crippen molar-refractivity contribution >= 4 is 11.1 Å². The summed E-state index contributed by atoms with van der Waals surface area (Å²) in [5.41, 5.74) is 7.39. The molecule has 0 fully saturated rings. The van der Waals surface area contributed by atoms with Crippen molar-refractivity contribution in [3.63, 3.8) is 0 Å². The van der Waals surface area contributed by atoms with Gasteiger partial charge in [0.1, 0.15) is 5.75 Å². The van der Waals surface area contributed by atoms with E-state index in [0.29, 0.717) is 18.4 Å². The summed E-state index contributed by atoms with van der Waals surface area (Å²) in [5, 5.41) is 0. The van der Waals surface area contributed by atoms with E-state index in [1.807, 2.05) is 18.2 Å². The van der Waals surface area contributed by atoms with E-state index in [4.69, 9.17) is 14.9 Å². The molecular formula is C15H22N2O2. The molecule has 4 heteroatoms. The zero-order valence-corrected chi connectivity index (χ0v) is 11.8. The van der Waals surface area contributed by atoms with E-state index in [-0.39, 0.29) is 0 Å². The van der Waals surface area contributed by atoms with Gasteiger partial charge in [0.05, 0.1) is 7.11 Å². The van der Waals surface area contributed by atoms with Gasteiger partial charge in [-0.05, 0) is 36.9 Å². The normalized spacial score (nSPS) is 13.1. The molecule has 0 aliphatic rings. The molecular weight excluding hydrogens is 240 g/mol. The van der Waals surface area contributed by atoms with Gasteiger partial charge in [-0.1, -0.05) is 19.9 Å². The molecule has 0 aliphatic carbocycles. The Kier molecular flexibility index (Phi) is 4.43. The molecule has 1 heterocycles. The molecule has 0 amide bonds. The van der Waals surface area contributed by atoms with Crippen molar-refractivity contribution in [3.05, 3.63) is 24.1 Å². The van der Waals surface area contributed by atoms with Crippen LogP contribution >= 0.6 is 0 Å². The predicted octanol–water partition coefficient (Wildman–Crippen LogP) is 3.00. The summed E-state index contributed by atoms with van der Waals surface area (Å²) in [4.78, 5) is 4.53. The van der Waals surface area contributed by atoms with Crippen LogP contribution in [0.3, 0.4) is 0 Å². The van der Waals surface area contributed by atoms with Gasteiger partial charge in [0.25, 0.3) is 0 Å². The lowest BCUT2D eigenvalue weighted by atomic mass is 9.94.